The number of aromatic nitrogens is 1. The van der Waals surface area contributed by atoms with Crippen LogP contribution in [-0.2, 0) is 22.4 Å². The molecule has 1 aromatic heterocycles. The van der Waals surface area contributed by atoms with Crippen molar-refractivity contribution in [1.82, 2.24) is 10.3 Å². The normalized spacial score (nSPS) is 12.4. The van der Waals surface area contributed by atoms with Crippen LogP contribution in [0.1, 0.15) is 25.0 Å². The molecule has 0 amide bonds. The van der Waals surface area contributed by atoms with Crippen molar-refractivity contribution >= 4 is 16.9 Å². The van der Waals surface area contributed by atoms with E-state index in [1.54, 1.807) is 0 Å². The second kappa shape index (κ2) is 8.68. The number of H-pyrrole nitrogens is 1. The van der Waals surface area contributed by atoms with Crippen LogP contribution in [0.4, 0.5) is 0 Å². The van der Waals surface area contributed by atoms with E-state index in [0.717, 1.165) is 22.9 Å². The highest BCUT2D eigenvalue weighted by atomic mass is 16.5. The minimum atomic E-state index is -0.357. The second-order valence-corrected chi connectivity index (χ2v) is 6.84. The molecule has 0 spiro atoms. The van der Waals surface area contributed by atoms with Crippen LogP contribution in [0, 0.1) is 0 Å². The lowest BCUT2D eigenvalue weighted by Crippen LogP contribution is -2.43. The van der Waals surface area contributed by atoms with Gasteiger partial charge in [0, 0.05) is 36.0 Å². The number of fused-ring (bicyclic) bond motifs is 1. The van der Waals surface area contributed by atoms with Crippen molar-refractivity contribution in [3.05, 3.63) is 71.9 Å². The number of esters is 1. The Labute approximate surface area is 154 Å². The van der Waals surface area contributed by atoms with Gasteiger partial charge in [0.25, 0.3) is 0 Å². The molecule has 1 heterocycles. The fourth-order valence-electron chi connectivity index (χ4n) is 3.15. The first-order valence-electron chi connectivity index (χ1n) is 9.15. The maximum atomic E-state index is 12.6. The summed E-state index contributed by atoms with van der Waals surface area (Å²) in [6.45, 7) is 4.48. The molecule has 0 fully saturated rings. The average Bonchev–Trinajstić information content (AvgIpc) is 3.05. The summed E-state index contributed by atoms with van der Waals surface area (Å²) in [5.74, 6) is -0.195. The van der Waals surface area contributed by atoms with Crippen molar-refractivity contribution in [1.29, 1.82) is 0 Å². The smallest absolute Gasteiger partial charge is 0.323 e. The summed E-state index contributed by atoms with van der Waals surface area (Å²) in [6.07, 6.45) is 3.32. The largest absolute Gasteiger partial charge is 0.464 e. The first-order valence-corrected chi connectivity index (χ1v) is 9.15. The Morgan fingerprint density at radius 2 is 1.81 bits per heavy atom. The molecule has 136 valence electrons. The molecule has 0 aliphatic rings. The van der Waals surface area contributed by atoms with Crippen LogP contribution < -0.4 is 5.32 Å². The number of benzene rings is 2. The third-order valence-corrected chi connectivity index (χ3v) is 4.40. The Balaban J connectivity index is 1.64. The fourth-order valence-corrected chi connectivity index (χ4v) is 3.15. The Bertz CT molecular complexity index is 839. The molecule has 0 saturated heterocycles. The Hall–Kier alpha value is -2.59. The minimum Gasteiger partial charge on any atom is -0.464 e. The van der Waals surface area contributed by atoms with E-state index in [1.165, 1.54) is 5.56 Å². The molecule has 0 saturated carbocycles. The van der Waals surface area contributed by atoms with E-state index >= 15 is 0 Å². The lowest BCUT2D eigenvalue weighted by molar-refractivity contribution is -0.146. The molecule has 1 unspecified atom stereocenters. The SMILES string of the molecule is CC(C)NC(Cc1c[nH]c2ccccc12)C(=O)OCCc1ccccc1. The lowest BCUT2D eigenvalue weighted by atomic mass is 10.0. The molecule has 0 aliphatic carbocycles. The van der Waals surface area contributed by atoms with Crippen LogP contribution in [0.2, 0.25) is 0 Å². The molecule has 26 heavy (non-hydrogen) atoms. The summed E-state index contributed by atoms with van der Waals surface area (Å²) in [5, 5.41) is 4.50. The highest BCUT2D eigenvalue weighted by molar-refractivity contribution is 5.84. The fraction of sp³-hybridized carbons (Fsp3) is 0.318. The van der Waals surface area contributed by atoms with Crippen molar-refractivity contribution in [3.8, 4) is 0 Å². The molecule has 0 bridgehead atoms. The number of para-hydroxylation sites is 1. The molecular formula is C22H26N2O2. The Morgan fingerprint density at radius 3 is 2.58 bits per heavy atom. The number of aromatic amines is 1. The molecular weight excluding hydrogens is 324 g/mol. The van der Waals surface area contributed by atoms with Crippen LogP contribution in [-0.4, -0.2) is 29.6 Å². The zero-order valence-electron chi connectivity index (χ0n) is 15.4. The molecule has 1 atom stereocenters. The van der Waals surface area contributed by atoms with E-state index < -0.39 is 0 Å². The van der Waals surface area contributed by atoms with Crippen molar-refractivity contribution < 1.29 is 9.53 Å². The van der Waals surface area contributed by atoms with Gasteiger partial charge >= 0.3 is 5.97 Å². The highest BCUT2D eigenvalue weighted by Gasteiger charge is 2.22. The zero-order chi connectivity index (χ0) is 18.4. The third-order valence-electron chi connectivity index (χ3n) is 4.40. The van der Waals surface area contributed by atoms with Gasteiger partial charge in [0.15, 0.2) is 0 Å². The Morgan fingerprint density at radius 1 is 1.08 bits per heavy atom. The van der Waals surface area contributed by atoms with Crippen LogP contribution in [0.25, 0.3) is 10.9 Å². The number of rotatable bonds is 8. The van der Waals surface area contributed by atoms with Gasteiger partial charge in [0.2, 0.25) is 0 Å². The Kier molecular flexibility index (Phi) is 6.08. The van der Waals surface area contributed by atoms with E-state index in [0.29, 0.717) is 13.0 Å². The molecule has 2 N–H and O–H groups in total. The van der Waals surface area contributed by atoms with Gasteiger partial charge in [0.1, 0.15) is 6.04 Å². The maximum absolute atomic E-state index is 12.6. The summed E-state index contributed by atoms with van der Waals surface area (Å²) < 4.78 is 5.56. The quantitative estimate of drug-likeness (QED) is 0.607. The van der Waals surface area contributed by atoms with E-state index in [1.807, 2.05) is 68.6 Å². The summed E-state index contributed by atoms with van der Waals surface area (Å²) in [6, 6.07) is 18.1. The molecule has 0 aliphatic heterocycles. The lowest BCUT2D eigenvalue weighted by Gasteiger charge is -2.20. The van der Waals surface area contributed by atoms with Gasteiger partial charge in [-0.3, -0.25) is 4.79 Å². The van der Waals surface area contributed by atoms with Crippen LogP contribution in [0.3, 0.4) is 0 Å². The average molecular weight is 350 g/mol. The van der Waals surface area contributed by atoms with E-state index in [4.69, 9.17) is 4.74 Å². The predicted molar refractivity (Wildman–Crippen MR) is 105 cm³/mol. The summed E-state index contributed by atoms with van der Waals surface area (Å²) in [7, 11) is 0. The topological polar surface area (TPSA) is 54.1 Å². The van der Waals surface area contributed by atoms with Gasteiger partial charge < -0.3 is 15.0 Å². The monoisotopic (exact) mass is 350 g/mol. The minimum absolute atomic E-state index is 0.195. The number of carbonyl (C=O) groups excluding carboxylic acids is 1. The molecule has 4 heteroatoms. The van der Waals surface area contributed by atoms with Crippen LogP contribution >= 0.6 is 0 Å². The standard InChI is InChI=1S/C22H26N2O2/c1-16(2)24-21(14-18-15-23-20-11-7-6-10-19(18)20)22(25)26-13-12-17-8-4-3-5-9-17/h3-11,15-16,21,23-24H,12-14H2,1-2H3. The summed E-state index contributed by atoms with van der Waals surface area (Å²) in [5.41, 5.74) is 3.38. The molecule has 3 rings (SSSR count). The van der Waals surface area contributed by atoms with E-state index in [9.17, 15) is 4.79 Å². The predicted octanol–water partition coefficient (Wildman–Crippen LogP) is 3.86. The second-order valence-electron chi connectivity index (χ2n) is 6.84. The highest BCUT2D eigenvalue weighted by Crippen LogP contribution is 2.19. The number of ether oxygens (including phenoxy) is 1. The number of nitrogens with one attached hydrogen (secondary N) is 2. The molecule has 4 nitrogen and oxygen atoms in total. The number of hydrogen-bond acceptors (Lipinski definition) is 3. The summed E-state index contributed by atoms with van der Waals surface area (Å²) in [4.78, 5) is 15.9. The first kappa shape index (κ1) is 18.2. The van der Waals surface area contributed by atoms with Gasteiger partial charge in [-0.05, 0) is 17.2 Å². The van der Waals surface area contributed by atoms with Crippen LogP contribution in [0.5, 0.6) is 0 Å². The summed E-state index contributed by atoms with van der Waals surface area (Å²) >= 11 is 0. The third kappa shape index (κ3) is 4.73. The maximum Gasteiger partial charge on any atom is 0.323 e. The van der Waals surface area contributed by atoms with Crippen molar-refractivity contribution in [2.24, 2.45) is 0 Å². The van der Waals surface area contributed by atoms with E-state index in [-0.39, 0.29) is 18.1 Å². The van der Waals surface area contributed by atoms with Gasteiger partial charge in [-0.25, -0.2) is 0 Å². The first-order chi connectivity index (χ1) is 12.6. The van der Waals surface area contributed by atoms with E-state index in [2.05, 4.69) is 16.4 Å². The molecule has 3 aromatic rings. The van der Waals surface area contributed by atoms with Crippen molar-refractivity contribution in [2.75, 3.05) is 6.61 Å². The van der Waals surface area contributed by atoms with Gasteiger partial charge in [-0.2, -0.15) is 0 Å². The molecule has 0 radical (unpaired) electrons. The molecule has 2 aromatic carbocycles. The van der Waals surface area contributed by atoms with Crippen molar-refractivity contribution in [2.45, 2.75) is 38.8 Å². The number of carbonyl (C=O) groups is 1. The van der Waals surface area contributed by atoms with Crippen molar-refractivity contribution in [3.63, 3.8) is 0 Å². The number of hydrogen-bond donors (Lipinski definition) is 2. The van der Waals surface area contributed by atoms with Gasteiger partial charge in [-0.1, -0.05) is 62.4 Å². The van der Waals surface area contributed by atoms with Gasteiger partial charge in [-0.15, -0.1) is 0 Å². The zero-order valence-corrected chi connectivity index (χ0v) is 15.4. The van der Waals surface area contributed by atoms with Crippen LogP contribution in [0.15, 0.2) is 60.8 Å². The van der Waals surface area contributed by atoms with Gasteiger partial charge in [0.05, 0.1) is 6.61 Å².